The highest BCUT2D eigenvalue weighted by molar-refractivity contribution is 7.10. The zero-order chi connectivity index (χ0) is 9.52. The van der Waals surface area contributed by atoms with Crippen molar-refractivity contribution >= 4 is 17.4 Å². The van der Waals surface area contributed by atoms with Crippen LogP contribution in [0.25, 0.3) is 6.08 Å². The molecule has 0 amide bonds. The summed E-state index contributed by atoms with van der Waals surface area (Å²) in [4.78, 5) is 1.33. The molecule has 0 saturated carbocycles. The minimum atomic E-state index is 0.732. The maximum atomic E-state index is 3.37. The summed E-state index contributed by atoms with van der Waals surface area (Å²) in [5.74, 6) is 0.732. The van der Waals surface area contributed by atoms with Gasteiger partial charge in [0, 0.05) is 11.4 Å². The van der Waals surface area contributed by atoms with E-state index < -0.39 is 0 Å². The van der Waals surface area contributed by atoms with Crippen LogP contribution in [0.15, 0.2) is 23.6 Å². The van der Waals surface area contributed by atoms with Crippen molar-refractivity contribution < 1.29 is 0 Å². The molecule has 0 atom stereocenters. The largest absolute Gasteiger partial charge is 0.313 e. The molecule has 0 spiro atoms. The Morgan fingerprint density at radius 3 is 3.00 bits per heavy atom. The third-order valence-corrected chi connectivity index (χ3v) is 2.48. The quantitative estimate of drug-likeness (QED) is 0.712. The minimum Gasteiger partial charge on any atom is -0.313 e. The van der Waals surface area contributed by atoms with Crippen LogP contribution >= 0.6 is 11.3 Å². The van der Waals surface area contributed by atoms with Crippen molar-refractivity contribution in [1.82, 2.24) is 5.32 Å². The standard InChI is InChI=1S/C11H17NS/c1-10(2)9-12-7-3-5-11-6-4-8-13-11/h3-6,8,10,12H,7,9H2,1-2H3. The molecule has 2 heteroatoms. The van der Waals surface area contributed by atoms with E-state index in [0.717, 1.165) is 19.0 Å². The molecular formula is C11H17NS. The van der Waals surface area contributed by atoms with Crippen molar-refractivity contribution in [1.29, 1.82) is 0 Å². The van der Waals surface area contributed by atoms with Crippen LogP contribution < -0.4 is 5.32 Å². The summed E-state index contributed by atoms with van der Waals surface area (Å²) in [5, 5.41) is 5.46. The van der Waals surface area contributed by atoms with Crippen LogP contribution in [0.4, 0.5) is 0 Å². The molecule has 72 valence electrons. The summed E-state index contributed by atoms with van der Waals surface area (Å²) in [7, 11) is 0. The van der Waals surface area contributed by atoms with Gasteiger partial charge in [0.25, 0.3) is 0 Å². The predicted molar refractivity (Wildman–Crippen MR) is 61.1 cm³/mol. The normalized spacial score (nSPS) is 11.6. The molecule has 0 aromatic carbocycles. The van der Waals surface area contributed by atoms with Gasteiger partial charge in [0.1, 0.15) is 0 Å². The van der Waals surface area contributed by atoms with Crippen LogP contribution in [-0.2, 0) is 0 Å². The molecule has 1 aromatic rings. The first-order valence-electron chi connectivity index (χ1n) is 4.70. The number of hydrogen-bond acceptors (Lipinski definition) is 2. The highest BCUT2D eigenvalue weighted by Gasteiger charge is 1.89. The van der Waals surface area contributed by atoms with Crippen molar-refractivity contribution in [2.75, 3.05) is 13.1 Å². The molecule has 0 fully saturated rings. The molecule has 1 rings (SSSR count). The molecule has 0 radical (unpaired) electrons. The van der Waals surface area contributed by atoms with Gasteiger partial charge < -0.3 is 5.32 Å². The summed E-state index contributed by atoms with van der Waals surface area (Å²) in [5.41, 5.74) is 0. The fraction of sp³-hybridized carbons (Fsp3) is 0.455. The van der Waals surface area contributed by atoms with E-state index in [9.17, 15) is 0 Å². The lowest BCUT2D eigenvalue weighted by atomic mass is 10.2. The van der Waals surface area contributed by atoms with Crippen LogP contribution in [0.1, 0.15) is 18.7 Å². The molecule has 1 heterocycles. The summed E-state index contributed by atoms with van der Waals surface area (Å²) in [6, 6.07) is 4.20. The average Bonchev–Trinajstić information content (AvgIpc) is 2.55. The predicted octanol–water partition coefficient (Wildman–Crippen LogP) is 3.01. The second kappa shape index (κ2) is 5.95. The van der Waals surface area contributed by atoms with Gasteiger partial charge in [0.2, 0.25) is 0 Å². The number of rotatable bonds is 5. The summed E-state index contributed by atoms with van der Waals surface area (Å²) in [6.45, 7) is 6.50. The molecular weight excluding hydrogens is 178 g/mol. The first-order chi connectivity index (χ1) is 6.29. The van der Waals surface area contributed by atoms with Gasteiger partial charge in [0.15, 0.2) is 0 Å². The van der Waals surface area contributed by atoms with Crippen LogP contribution in [0.3, 0.4) is 0 Å². The molecule has 1 N–H and O–H groups in total. The van der Waals surface area contributed by atoms with Gasteiger partial charge in [-0.1, -0.05) is 26.0 Å². The molecule has 0 aliphatic carbocycles. The Morgan fingerprint density at radius 1 is 1.54 bits per heavy atom. The zero-order valence-electron chi connectivity index (χ0n) is 8.29. The first kappa shape index (κ1) is 10.5. The Kier molecular flexibility index (Phi) is 4.79. The Bertz CT molecular complexity index is 237. The fourth-order valence-corrected chi connectivity index (χ4v) is 1.66. The summed E-state index contributed by atoms with van der Waals surface area (Å²) < 4.78 is 0. The second-order valence-corrected chi connectivity index (χ2v) is 4.45. The zero-order valence-corrected chi connectivity index (χ0v) is 9.10. The molecule has 1 aromatic heterocycles. The smallest absolute Gasteiger partial charge is 0.0267 e. The summed E-state index contributed by atoms with van der Waals surface area (Å²) >= 11 is 1.77. The number of nitrogens with one attached hydrogen (secondary N) is 1. The van der Waals surface area contributed by atoms with Gasteiger partial charge in [0.05, 0.1) is 0 Å². The van der Waals surface area contributed by atoms with Crippen molar-refractivity contribution in [3.05, 3.63) is 28.5 Å². The average molecular weight is 195 g/mol. The van der Waals surface area contributed by atoms with Gasteiger partial charge >= 0.3 is 0 Å². The molecule has 13 heavy (non-hydrogen) atoms. The van der Waals surface area contributed by atoms with Gasteiger partial charge in [-0.3, -0.25) is 0 Å². The van der Waals surface area contributed by atoms with Gasteiger partial charge in [-0.25, -0.2) is 0 Å². The van der Waals surface area contributed by atoms with Crippen molar-refractivity contribution in [3.63, 3.8) is 0 Å². The SMILES string of the molecule is CC(C)CNCC=Cc1cccs1. The Balaban J connectivity index is 2.12. The van der Waals surface area contributed by atoms with E-state index in [-0.39, 0.29) is 0 Å². The first-order valence-corrected chi connectivity index (χ1v) is 5.58. The van der Waals surface area contributed by atoms with Crippen LogP contribution in [0.5, 0.6) is 0 Å². The molecule has 0 saturated heterocycles. The topological polar surface area (TPSA) is 12.0 Å². The van der Waals surface area contributed by atoms with Crippen LogP contribution in [0.2, 0.25) is 0 Å². The van der Waals surface area contributed by atoms with Crippen LogP contribution in [0, 0.1) is 5.92 Å². The molecule has 1 nitrogen and oxygen atoms in total. The summed E-state index contributed by atoms with van der Waals surface area (Å²) in [6.07, 6.45) is 4.34. The molecule has 0 aliphatic rings. The monoisotopic (exact) mass is 195 g/mol. The molecule has 0 bridgehead atoms. The lowest BCUT2D eigenvalue weighted by molar-refractivity contribution is 0.577. The van der Waals surface area contributed by atoms with E-state index in [2.05, 4.69) is 48.8 Å². The molecule has 0 unspecified atom stereocenters. The Hall–Kier alpha value is -0.600. The van der Waals surface area contributed by atoms with E-state index in [1.54, 1.807) is 11.3 Å². The maximum absolute atomic E-state index is 3.37. The highest BCUT2D eigenvalue weighted by atomic mass is 32.1. The molecule has 0 aliphatic heterocycles. The van der Waals surface area contributed by atoms with Crippen molar-refractivity contribution in [2.24, 2.45) is 5.92 Å². The Labute approximate surface area is 84.5 Å². The van der Waals surface area contributed by atoms with E-state index in [4.69, 9.17) is 0 Å². The number of hydrogen-bond donors (Lipinski definition) is 1. The van der Waals surface area contributed by atoms with Crippen molar-refractivity contribution in [2.45, 2.75) is 13.8 Å². The van der Waals surface area contributed by atoms with Crippen LogP contribution in [-0.4, -0.2) is 13.1 Å². The van der Waals surface area contributed by atoms with Gasteiger partial charge in [-0.2, -0.15) is 0 Å². The Morgan fingerprint density at radius 2 is 2.38 bits per heavy atom. The lowest BCUT2D eigenvalue weighted by Crippen LogP contribution is -2.19. The van der Waals surface area contributed by atoms with Gasteiger partial charge in [-0.05, 0) is 30.0 Å². The lowest BCUT2D eigenvalue weighted by Gasteiger charge is -2.03. The fourth-order valence-electron chi connectivity index (χ4n) is 1.02. The third-order valence-electron chi connectivity index (χ3n) is 1.64. The van der Waals surface area contributed by atoms with E-state index >= 15 is 0 Å². The third kappa shape index (κ3) is 4.86. The highest BCUT2D eigenvalue weighted by Crippen LogP contribution is 2.09. The van der Waals surface area contributed by atoms with E-state index in [1.807, 2.05) is 0 Å². The van der Waals surface area contributed by atoms with E-state index in [1.165, 1.54) is 4.88 Å². The second-order valence-electron chi connectivity index (χ2n) is 3.47. The maximum Gasteiger partial charge on any atom is 0.0267 e. The van der Waals surface area contributed by atoms with Gasteiger partial charge in [-0.15, -0.1) is 11.3 Å². The van der Waals surface area contributed by atoms with Crippen molar-refractivity contribution in [3.8, 4) is 0 Å². The van der Waals surface area contributed by atoms with E-state index in [0.29, 0.717) is 0 Å². The number of thiophene rings is 1. The minimum absolute atomic E-state index is 0.732.